The van der Waals surface area contributed by atoms with Gasteiger partial charge in [-0.1, -0.05) is 25.5 Å². The molecule has 6 rings (SSSR count). The second-order valence-corrected chi connectivity index (χ2v) is 13.8. The average molecular weight is 603 g/mol. The largest absolute Gasteiger partial charge is 0.313 e. The number of carbonyl (C=O) groups excluding carboxylic acids is 1. The van der Waals surface area contributed by atoms with E-state index in [-0.39, 0.29) is 23.2 Å². The molecule has 7 nitrogen and oxygen atoms in total. The van der Waals surface area contributed by atoms with Crippen molar-refractivity contribution in [1.29, 1.82) is 0 Å². The summed E-state index contributed by atoms with van der Waals surface area (Å²) in [6.45, 7) is 6.12. The third kappa shape index (κ3) is 5.51. The van der Waals surface area contributed by atoms with Gasteiger partial charge >= 0.3 is 0 Å². The van der Waals surface area contributed by atoms with E-state index in [4.69, 9.17) is 4.98 Å². The molecule has 0 unspecified atom stereocenters. The van der Waals surface area contributed by atoms with Gasteiger partial charge in [0.1, 0.15) is 10.0 Å². The van der Waals surface area contributed by atoms with Crippen molar-refractivity contribution in [2.45, 2.75) is 44.0 Å². The number of hydrogen-bond donors (Lipinski definition) is 1. The minimum atomic E-state index is -3.54. The third-order valence-corrected chi connectivity index (χ3v) is 11.5. The van der Waals surface area contributed by atoms with Gasteiger partial charge in [-0.15, -0.1) is 35.1 Å². The number of nitrogens with zero attached hydrogens (tertiary/aromatic N) is 3. The van der Waals surface area contributed by atoms with Gasteiger partial charge in [-0.25, -0.2) is 13.4 Å². The van der Waals surface area contributed by atoms with Crippen LogP contribution in [0.1, 0.15) is 47.0 Å². The van der Waals surface area contributed by atoms with Gasteiger partial charge < -0.3 is 5.32 Å². The summed E-state index contributed by atoms with van der Waals surface area (Å²) in [4.78, 5) is 22.2. The molecule has 0 saturated carbocycles. The smallest absolute Gasteiger partial charge is 0.256 e. The van der Waals surface area contributed by atoms with E-state index in [0.717, 1.165) is 71.1 Å². The lowest BCUT2D eigenvalue weighted by molar-refractivity contribution is 0.102. The van der Waals surface area contributed by atoms with Crippen LogP contribution >= 0.6 is 35.1 Å². The van der Waals surface area contributed by atoms with Gasteiger partial charge in [-0.05, 0) is 67.8 Å². The van der Waals surface area contributed by atoms with Crippen LogP contribution in [0.4, 0.5) is 5.00 Å². The Morgan fingerprint density at radius 3 is 2.46 bits per heavy atom. The third-order valence-electron chi connectivity index (χ3n) is 7.39. The summed E-state index contributed by atoms with van der Waals surface area (Å²) in [6.07, 6.45) is 3.76. The van der Waals surface area contributed by atoms with Gasteiger partial charge in [0.15, 0.2) is 0 Å². The molecule has 2 aromatic heterocycles. The molecule has 0 radical (unpaired) electrons. The number of anilines is 1. The van der Waals surface area contributed by atoms with E-state index in [1.807, 2.05) is 18.2 Å². The number of halogens is 1. The standard InChI is InChI=1S/C28H30N4O3S3.ClH/c1-2-31-17-14-21-24(18-31)37-28(25(21)27-29-22-8-4-5-9-23(22)36-27)30-26(33)19-10-12-20(13-11-19)38(34,35)32-15-6-3-7-16-32;/h4-5,8-13H,2-3,6-7,14-18H2,1H3,(H,30,33);1H. The maximum Gasteiger partial charge on any atom is 0.256 e. The first-order chi connectivity index (χ1) is 18.4. The molecule has 2 aliphatic heterocycles. The summed E-state index contributed by atoms with van der Waals surface area (Å²) in [5, 5.41) is 4.88. The first-order valence-electron chi connectivity index (χ1n) is 13.1. The first kappa shape index (κ1) is 28.2. The molecule has 39 heavy (non-hydrogen) atoms. The van der Waals surface area contributed by atoms with Crippen LogP contribution in [0.15, 0.2) is 53.4 Å². The highest BCUT2D eigenvalue weighted by atomic mass is 35.5. The molecular formula is C28H31ClN4O3S3. The number of para-hydroxylation sites is 1. The average Bonchev–Trinajstić information content (AvgIpc) is 3.53. The van der Waals surface area contributed by atoms with E-state index in [0.29, 0.717) is 18.7 Å². The Kier molecular flexibility index (Phi) is 8.42. The quantitative estimate of drug-likeness (QED) is 0.282. The predicted octanol–water partition coefficient (Wildman–Crippen LogP) is 6.25. The molecule has 0 aliphatic carbocycles. The van der Waals surface area contributed by atoms with Crippen LogP contribution in [0.2, 0.25) is 0 Å². The fraction of sp³-hybridized carbons (Fsp3) is 0.357. The van der Waals surface area contributed by atoms with Crippen LogP contribution in [-0.4, -0.2) is 54.7 Å². The topological polar surface area (TPSA) is 82.6 Å². The zero-order chi connectivity index (χ0) is 26.3. The summed E-state index contributed by atoms with van der Waals surface area (Å²) >= 11 is 3.27. The van der Waals surface area contributed by atoms with Gasteiger partial charge in [-0.2, -0.15) is 4.31 Å². The Morgan fingerprint density at radius 2 is 1.74 bits per heavy atom. The van der Waals surface area contributed by atoms with E-state index in [1.54, 1.807) is 51.2 Å². The van der Waals surface area contributed by atoms with Gasteiger partial charge in [0.2, 0.25) is 10.0 Å². The molecule has 2 aromatic carbocycles. The van der Waals surface area contributed by atoms with Crippen LogP contribution in [-0.2, 0) is 23.0 Å². The number of likely N-dealkylation sites (N-methyl/N-ethyl adjacent to an activating group) is 1. The van der Waals surface area contributed by atoms with Crippen molar-refractivity contribution in [3.8, 4) is 10.6 Å². The number of aromatic nitrogens is 1. The van der Waals surface area contributed by atoms with Gasteiger partial charge in [0.25, 0.3) is 5.91 Å². The number of hydrogen-bond acceptors (Lipinski definition) is 7. The monoisotopic (exact) mass is 602 g/mol. The van der Waals surface area contributed by atoms with Crippen LogP contribution in [0.3, 0.4) is 0 Å². The molecule has 4 heterocycles. The number of rotatable bonds is 6. The molecule has 1 amide bonds. The number of benzene rings is 2. The first-order valence-corrected chi connectivity index (χ1v) is 16.2. The van der Waals surface area contributed by atoms with Crippen LogP contribution < -0.4 is 5.32 Å². The van der Waals surface area contributed by atoms with Crippen LogP contribution in [0.5, 0.6) is 0 Å². The second-order valence-electron chi connectivity index (χ2n) is 9.76. The van der Waals surface area contributed by atoms with Gasteiger partial charge in [0, 0.05) is 42.2 Å². The lowest BCUT2D eigenvalue weighted by atomic mass is 10.0. The minimum absolute atomic E-state index is 0. The maximum absolute atomic E-state index is 13.4. The number of nitrogens with one attached hydrogen (secondary N) is 1. The number of sulfonamides is 1. The summed E-state index contributed by atoms with van der Waals surface area (Å²) in [5.74, 6) is -0.250. The van der Waals surface area contributed by atoms with Crippen molar-refractivity contribution < 1.29 is 13.2 Å². The molecule has 2 aliphatic rings. The fourth-order valence-electron chi connectivity index (χ4n) is 5.23. The van der Waals surface area contributed by atoms with Crippen molar-refractivity contribution in [1.82, 2.24) is 14.2 Å². The number of amides is 1. The van der Waals surface area contributed by atoms with Crippen LogP contribution in [0.25, 0.3) is 20.8 Å². The second kappa shape index (κ2) is 11.6. The highest BCUT2D eigenvalue weighted by molar-refractivity contribution is 7.89. The van der Waals surface area contributed by atoms with E-state index >= 15 is 0 Å². The molecule has 1 saturated heterocycles. The number of carbonyl (C=O) groups is 1. The zero-order valence-corrected chi connectivity index (χ0v) is 24.9. The van der Waals surface area contributed by atoms with Crippen molar-refractivity contribution in [3.63, 3.8) is 0 Å². The molecule has 1 fully saturated rings. The van der Waals surface area contributed by atoms with Crippen molar-refractivity contribution in [2.24, 2.45) is 0 Å². The molecule has 206 valence electrons. The number of piperidine rings is 1. The summed E-state index contributed by atoms with van der Waals surface area (Å²) < 4.78 is 28.7. The Bertz CT molecular complexity index is 1560. The highest BCUT2D eigenvalue weighted by Gasteiger charge is 2.28. The number of fused-ring (bicyclic) bond motifs is 2. The Labute approximate surface area is 243 Å². The number of thiazole rings is 1. The van der Waals surface area contributed by atoms with E-state index in [9.17, 15) is 13.2 Å². The molecule has 0 atom stereocenters. The predicted molar refractivity (Wildman–Crippen MR) is 162 cm³/mol. The minimum Gasteiger partial charge on any atom is -0.313 e. The van der Waals surface area contributed by atoms with E-state index in [1.165, 1.54) is 10.4 Å². The molecule has 1 N–H and O–H groups in total. The number of thiophene rings is 1. The highest BCUT2D eigenvalue weighted by Crippen LogP contribution is 2.45. The van der Waals surface area contributed by atoms with Crippen LogP contribution in [0, 0.1) is 0 Å². The summed E-state index contributed by atoms with van der Waals surface area (Å²) in [5.41, 5.74) is 3.69. The molecular weight excluding hydrogens is 572 g/mol. The molecule has 0 spiro atoms. The van der Waals surface area contributed by atoms with Gasteiger partial charge in [0.05, 0.1) is 15.1 Å². The molecule has 4 aromatic rings. The molecule has 11 heteroatoms. The van der Waals surface area contributed by atoms with E-state index in [2.05, 4.69) is 23.2 Å². The lowest BCUT2D eigenvalue weighted by Crippen LogP contribution is -2.35. The fourth-order valence-corrected chi connectivity index (χ4v) is 9.14. The Hall–Kier alpha value is -2.34. The van der Waals surface area contributed by atoms with Gasteiger partial charge in [-0.3, -0.25) is 9.69 Å². The van der Waals surface area contributed by atoms with Crippen molar-refractivity contribution in [3.05, 3.63) is 64.5 Å². The Balaban J connectivity index is 0.00000308. The van der Waals surface area contributed by atoms with Crippen molar-refractivity contribution >= 4 is 66.2 Å². The molecule has 0 bridgehead atoms. The maximum atomic E-state index is 13.4. The van der Waals surface area contributed by atoms with Crippen molar-refractivity contribution in [2.75, 3.05) is 31.5 Å². The summed E-state index contributed by atoms with van der Waals surface area (Å²) in [7, 11) is -3.54. The SMILES string of the molecule is CCN1CCc2c(sc(NC(=O)c3ccc(S(=O)(=O)N4CCCCC4)cc3)c2-c2nc3ccccc3s2)C1.Cl. The zero-order valence-electron chi connectivity index (χ0n) is 21.7. The normalized spacial score (nSPS) is 16.5. The summed E-state index contributed by atoms with van der Waals surface area (Å²) in [6, 6.07) is 14.4. The Morgan fingerprint density at radius 1 is 1.00 bits per heavy atom. The van der Waals surface area contributed by atoms with E-state index < -0.39 is 10.0 Å². The lowest BCUT2D eigenvalue weighted by Gasteiger charge is -2.25.